The molecule has 22 heavy (non-hydrogen) atoms. The van der Waals surface area contributed by atoms with E-state index < -0.39 is 0 Å². The second-order valence-corrected chi connectivity index (χ2v) is 7.18. The zero-order chi connectivity index (χ0) is 15.4. The van der Waals surface area contributed by atoms with Gasteiger partial charge in [-0.05, 0) is 55.5 Å². The quantitative estimate of drug-likeness (QED) is 0.845. The van der Waals surface area contributed by atoms with E-state index in [4.69, 9.17) is 21.1 Å². The molecule has 1 spiro atoms. The third-order valence-corrected chi connectivity index (χ3v) is 5.72. The highest BCUT2D eigenvalue weighted by Crippen LogP contribution is 2.44. The Morgan fingerprint density at radius 2 is 1.95 bits per heavy atom. The van der Waals surface area contributed by atoms with Gasteiger partial charge in [0.25, 0.3) is 0 Å². The minimum absolute atomic E-state index is 0.435. The van der Waals surface area contributed by atoms with Crippen molar-refractivity contribution in [1.29, 1.82) is 0 Å². The number of hydrogen-bond acceptors (Lipinski definition) is 3. The van der Waals surface area contributed by atoms with Gasteiger partial charge >= 0.3 is 0 Å². The van der Waals surface area contributed by atoms with E-state index in [-0.39, 0.29) is 0 Å². The molecule has 2 fully saturated rings. The molecule has 3 nitrogen and oxygen atoms in total. The van der Waals surface area contributed by atoms with Gasteiger partial charge in [-0.25, -0.2) is 0 Å². The Bertz CT molecular complexity index is 466. The van der Waals surface area contributed by atoms with Crippen LogP contribution in [0.25, 0.3) is 0 Å². The number of methoxy groups -OCH3 is 1. The molecule has 1 atom stereocenters. The Morgan fingerprint density at radius 1 is 1.23 bits per heavy atom. The maximum Gasteiger partial charge on any atom is 0.0521 e. The average Bonchev–Trinajstić information content (AvgIpc) is 2.54. The van der Waals surface area contributed by atoms with Gasteiger partial charge in [0, 0.05) is 31.2 Å². The standard InChI is InChI=1S/C18H26ClNO2/c1-21-13-16-14-22-11-8-18(16)6-9-20(10-7-18)12-15-2-4-17(19)5-3-15/h2-5,16H,6-14H2,1H3/t16-/m1/s1. The van der Waals surface area contributed by atoms with Crippen LogP contribution in [0.4, 0.5) is 0 Å². The molecule has 2 heterocycles. The monoisotopic (exact) mass is 323 g/mol. The Kier molecular flexibility index (Phi) is 5.40. The molecule has 2 aliphatic heterocycles. The van der Waals surface area contributed by atoms with Crippen LogP contribution >= 0.6 is 11.6 Å². The second-order valence-electron chi connectivity index (χ2n) is 6.74. The van der Waals surface area contributed by atoms with Gasteiger partial charge in [-0.15, -0.1) is 0 Å². The van der Waals surface area contributed by atoms with E-state index in [1.54, 1.807) is 7.11 Å². The molecule has 0 aromatic heterocycles. The number of piperidine rings is 1. The third-order valence-electron chi connectivity index (χ3n) is 5.47. The van der Waals surface area contributed by atoms with Crippen LogP contribution in [0.15, 0.2) is 24.3 Å². The van der Waals surface area contributed by atoms with Crippen molar-refractivity contribution in [3.63, 3.8) is 0 Å². The van der Waals surface area contributed by atoms with E-state index in [2.05, 4.69) is 17.0 Å². The Hall–Kier alpha value is -0.610. The second kappa shape index (κ2) is 7.31. The molecule has 1 aromatic rings. The first-order valence-electron chi connectivity index (χ1n) is 8.25. The first-order valence-corrected chi connectivity index (χ1v) is 8.63. The SMILES string of the molecule is COC[C@@H]1COCCC12CCN(Cc1ccc(Cl)cc1)CC2. The predicted molar refractivity (Wildman–Crippen MR) is 89.2 cm³/mol. The van der Waals surface area contributed by atoms with Crippen molar-refractivity contribution in [1.82, 2.24) is 4.90 Å². The van der Waals surface area contributed by atoms with E-state index in [1.807, 2.05) is 12.1 Å². The van der Waals surface area contributed by atoms with Gasteiger partial charge in [-0.3, -0.25) is 4.90 Å². The van der Waals surface area contributed by atoms with Crippen molar-refractivity contribution >= 4 is 11.6 Å². The topological polar surface area (TPSA) is 21.7 Å². The highest BCUT2D eigenvalue weighted by atomic mass is 35.5. The number of benzene rings is 1. The van der Waals surface area contributed by atoms with Crippen LogP contribution < -0.4 is 0 Å². The molecule has 4 heteroatoms. The molecule has 3 rings (SSSR count). The Balaban J connectivity index is 1.58. The fourth-order valence-corrected chi connectivity index (χ4v) is 4.10. The predicted octanol–water partition coefficient (Wildman–Crippen LogP) is 3.61. The van der Waals surface area contributed by atoms with Gasteiger partial charge in [0.05, 0.1) is 13.2 Å². The summed E-state index contributed by atoms with van der Waals surface area (Å²) in [6.07, 6.45) is 3.71. The fraction of sp³-hybridized carbons (Fsp3) is 0.667. The third kappa shape index (κ3) is 3.65. The highest BCUT2D eigenvalue weighted by Gasteiger charge is 2.43. The number of hydrogen-bond donors (Lipinski definition) is 0. The molecule has 0 saturated carbocycles. The van der Waals surface area contributed by atoms with E-state index in [0.717, 1.165) is 31.4 Å². The van der Waals surface area contributed by atoms with E-state index in [1.165, 1.54) is 37.9 Å². The van der Waals surface area contributed by atoms with Gasteiger partial charge in [0.15, 0.2) is 0 Å². The molecular weight excluding hydrogens is 298 g/mol. The summed E-state index contributed by atoms with van der Waals surface area (Å²) in [4.78, 5) is 2.56. The largest absolute Gasteiger partial charge is 0.384 e. The first kappa shape index (κ1) is 16.3. The normalized spacial score (nSPS) is 25.5. The lowest BCUT2D eigenvalue weighted by molar-refractivity contribution is -0.0951. The lowest BCUT2D eigenvalue weighted by Gasteiger charge is -2.49. The van der Waals surface area contributed by atoms with Crippen LogP contribution in [0.3, 0.4) is 0 Å². The molecule has 0 N–H and O–H groups in total. The summed E-state index contributed by atoms with van der Waals surface area (Å²) < 4.78 is 11.1. The molecule has 0 unspecified atom stereocenters. The van der Waals surface area contributed by atoms with Crippen molar-refractivity contribution in [3.8, 4) is 0 Å². The van der Waals surface area contributed by atoms with Gasteiger partial charge in [-0.2, -0.15) is 0 Å². The molecule has 122 valence electrons. The van der Waals surface area contributed by atoms with Crippen LogP contribution in [-0.2, 0) is 16.0 Å². The lowest BCUT2D eigenvalue weighted by Crippen LogP contribution is -2.49. The number of rotatable bonds is 4. The van der Waals surface area contributed by atoms with Gasteiger partial charge in [-0.1, -0.05) is 23.7 Å². The number of ether oxygens (including phenoxy) is 2. The van der Waals surface area contributed by atoms with Crippen LogP contribution in [-0.4, -0.2) is 44.9 Å². The van der Waals surface area contributed by atoms with Crippen molar-refractivity contribution in [2.45, 2.75) is 25.8 Å². The molecule has 2 saturated heterocycles. The maximum absolute atomic E-state index is 5.96. The van der Waals surface area contributed by atoms with Crippen LogP contribution in [0.5, 0.6) is 0 Å². The zero-order valence-corrected chi connectivity index (χ0v) is 14.1. The summed E-state index contributed by atoms with van der Waals surface area (Å²) >= 11 is 5.96. The van der Waals surface area contributed by atoms with Crippen molar-refractivity contribution in [2.24, 2.45) is 11.3 Å². The Morgan fingerprint density at radius 3 is 2.64 bits per heavy atom. The van der Waals surface area contributed by atoms with E-state index >= 15 is 0 Å². The summed E-state index contributed by atoms with van der Waals surface area (Å²) in [5.74, 6) is 0.559. The van der Waals surface area contributed by atoms with E-state index in [0.29, 0.717) is 11.3 Å². The summed E-state index contributed by atoms with van der Waals surface area (Å²) in [5, 5.41) is 0.811. The van der Waals surface area contributed by atoms with Crippen molar-refractivity contribution in [2.75, 3.05) is 40.0 Å². The summed E-state index contributed by atoms with van der Waals surface area (Å²) in [5.41, 5.74) is 1.78. The van der Waals surface area contributed by atoms with Crippen LogP contribution in [0.1, 0.15) is 24.8 Å². The van der Waals surface area contributed by atoms with E-state index in [9.17, 15) is 0 Å². The fourth-order valence-electron chi connectivity index (χ4n) is 3.97. The van der Waals surface area contributed by atoms with Gasteiger partial charge in [0.2, 0.25) is 0 Å². The number of likely N-dealkylation sites (tertiary alicyclic amines) is 1. The summed E-state index contributed by atoms with van der Waals surface area (Å²) in [6, 6.07) is 8.23. The lowest BCUT2D eigenvalue weighted by atomic mass is 9.66. The molecular formula is C18H26ClNO2. The molecule has 0 radical (unpaired) electrons. The first-order chi connectivity index (χ1) is 10.7. The zero-order valence-electron chi connectivity index (χ0n) is 13.4. The molecule has 2 aliphatic rings. The van der Waals surface area contributed by atoms with Gasteiger partial charge < -0.3 is 9.47 Å². The van der Waals surface area contributed by atoms with Crippen LogP contribution in [0.2, 0.25) is 5.02 Å². The molecule has 1 aromatic carbocycles. The number of nitrogens with zero attached hydrogens (tertiary/aromatic N) is 1. The van der Waals surface area contributed by atoms with Crippen LogP contribution in [0, 0.1) is 11.3 Å². The summed E-state index contributed by atoms with van der Waals surface area (Å²) in [7, 11) is 1.80. The molecule has 0 amide bonds. The average molecular weight is 324 g/mol. The Labute approximate surface area is 138 Å². The van der Waals surface area contributed by atoms with Crippen molar-refractivity contribution in [3.05, 3.63) is 34.9 Å². The molecule has 0 bridgehead atoms. The minimum atomic E-state index is 0.435. The molecule has 0 aliphatic carbocycles. The smallest absolute Gasteiger partial charge is 0.0521 e. The highest BCUT2D eigenvalue weighted by molar-refractivity contribution is 6.30. The number of halogens is 1. The van der Waals surface area contributed by atoms with Crippen molar-refractivity contribution < 1.29 is 9.47 Å². The maximum atomic E-state index is 5.96. The van der Waals surface area contributed by atoms with Gasteiger partial charge in [0.1, 0.15) is 0 Å². The summed E-state index contributed by atoms with van der Waals surface area (Å²) in [6.45, 7) is 5.98. The minimum Gasteiger partial charge on any atom is -0.384 e.